The van der Waals surface area contributed by atoms with E-state index in [-0.39, 0.29) is 5.76 Å². The maximum Gasteiger partial charge on any atom is 0.373 e. The van der Waals surface area contributed by atoms with E-state index in [0.29, 0.717) is 18.2 Å². The summed E-state index contributed by atoms with van der Waals surface area (Å²) >= 11 is 0. The fourth-order valence-electron chi connectivity index (χ4n) is 1.28. The smallest absolute Gasteiger partial charge is 0.373 e. The average Bonchev–Trinajstić information content (AvgIpc) is 2.72. The molecule has 0 aliphatic heterocycles. The molecule has 88 valence electrons. The lowest BCUT2D eigenvalue weighted by Gasteiger charge is -2.06. The standard InChI is InChI=1S/C12H17NO3/c1-8(2)9(7-13)6-10-4-5-11(16-10)12(14)15-3/h4-6,8H,7,13H2,1-3H3. The van der Waals surface area contributed by atoms with Gasteiger partial charge in [0.25, 0.3) is 0 Å². The lowest BCUT2D eigenvalue weighted by atomic mass is 10.0. The molecular weight excluding hydrogens is 206 g/mol. The Labute approximate surface area is 95.1 Å². The van der Waals surface area contributed by atoms with Gasteiger partial charge in [0.2, 0.25) is 5.76 Å². The third-order valence-corrected chi connectivity index (χ3v) is 2.32. The predicted octanol–water partition coefficient (Wildman–Crippen LogP) is 2.06. The highest BCUT2D eigenvalue weighted by Crippen LogP contribution is 2.16. The van der Waals surface area contributed by atoms with Crippen molar-refractivity contribution in [1.29, 1.82) is 0 Å². The molecule has 0 saturated carbocycles. The van der Waals surface area contributed by atoms with Crippen LogP contribution in [-0.2, 0) is 4.74 Å². The number of methoxy groups -OCH3 is 1. The summed E-state index contributed by atoms with van der Waals surface area (Å²) in [5.41, 5.74) is 6.69. The number of furan rings is 1. The van der Waals surface area contributed by atoms with Gasteiger partial charge in [-0.05, 0) is 24.1 Å². The number of nitrogens with two attached hydrogens (primary N) is 1. The summed E-state index contributed by atoms with van der Waals surface area (Å²) < 4.78 is 9.86. The minimum absolute atomic E-state index is 0.203. The molecule has 0 aromatic carbocycles. The molecule has 0 spiro atoms. The quantitative estimate of drug-likeness (QED) is 0.793. The summed E-state index contributed by atoms with van der Waals surface area (Å²) in [5, 5.41) is 0. The lowest BCUT2D eigenvalue weighted by Crippen LogP contribution is -2.07. The molecule has 4 nitrogen and oxygen atoms in total. The molecule has 0 fully saturated rings. The molecule has 0 aliphatic carbocycles. The Morgan fingerprint density at radius 3 is 2.75 bits per heavy atom. The third-order valence-electron chi connectivity index (χ3n) is 2.32. The Morgan fingerprint density at radius 2 is 2.25 bits per heavy atom. The van der Waals surface area contributed by atoms with Gasteiger partial charge in [0, 0.05) is 6.54 Å². The van der Waals surface area contributed by atoms with Gasteiger partial charge in [-0.15, -0.1) is 0 Å². The van der Waals surface area contributed by atoms with Crippen LogP contribution in [0.25, 0.3) is 6.08 Å². The molecule has 0 amide bonds. The monoisotopic (exact) mass is 223 g/mol. The second kappa shape index (κ2) is 5.51. The van der Waals surface area contributed by atoms with Crippen LogP contribution in [0.5, 0.6) is 0 Å². The van der Waals surface area contributed by atoms with Crippen LogP contribution in [0.4, 0.5) is 0 Å². The Kier molecular flexibility index (Phi) is 4.31. The van der Waals surface area contributed by atoms with Crippen LogP contribution in [0, 0.1) is 5.92 Å². The Morgan fingerprint density at radius 1 is 1.56 bits per heavy atom. The van der Waals surface area contributed by atoms with Crippen molar-refractivity contribution in [3.8, 4) is 0 Å². The second-order valence-electron chi connectivity index (χ2n) is 3.77. The van der Waals surface area contributed by atoms with Crippen LogP contribution in [-0.4, -0.2) is 19.6 Å². The van der Waals surface area contributed by atoms with Crippen molar-refractivity contribution in [3.05, 3.63) is 29.2 Å². The van der Waals surface area contributed by atoms with Crippen molar-refractivity contribution in [2.75, 3.05) is 13.7 Å². The van der Waals surface area contributed by atoms with Crippen LogP contribution in [0.1, 0.15) is 30.2 Å². The highest BCUT2D eigenvalue weighted by atomic mass is 16.5. The van der Waals surface area contributed by atoms with Crippen LogP contribution >= 0.6 is 0 Å². The van der Waals surface area contributed by atoms with Crippen molar-refractivity contribution in [1.82, 2.24) is 0 Å². The molecule has 1 rings (SSSR count). The first-order valence-electron chi connectivity index (χ1n) is 5.17. The molecule has 0 unspecified atom stereocenters. The van der Waals surface area contributed by atoms with E-state index in [1.165, 1.54) is 7.11 Å². The van der Waals surface area contributed by atoms with Gasteiger partial charge < -0.3 is 14.9 Å². The molecule has 0 atom stereocenters. The van der Waals surface area contributed by atoms with Crippen molar-refractivity contribution in [2.45, 2.75) is 13.8 Å². The lowest BCUT2D eigenvalue weighted by molar-refractivity contribution is 0.0564. The normalized spacial score (nSPS) is 11.9. The zero-order valence-corrected chi connectivity index (χ0v) is 9.82. The topological polar surface area (TPSA) is 65.5 Å². The van der Waals surface area contributed by atoms with Crippen molar-refractivity contribution < 1.29 is 13.9 Å². The highest BCUT2D eigenvalue weighted by Gasteiger charge is 2.10. The number of ether oxygens (including phenoxy) is 1. The Hall–Kier alpha value is -1.55. The fourth-order valence-corrected chi connectivity index (χ4v) is 1.28. The minimum atomic E-state index is -0.474. The Bertz CT molecular complexity index is 391. The summed E-state index contributed by atoms with van der Waals surface area (Å²) in [7, 11) is 1.32. The Balaban J connectivity index is 2.90. The van der Waals surface area contributed by atoms with Gasteiger partial charge in [-0.25, -0.2) is 4.79 Å². The molecule has 0 saturated heterocycles. The molecule has 2 N–H and O–H groups in total. The maximum atomic E-state index is 11.2. The molecule has 1 aromatic rings. The predicted molar refractivity (Wildman–Crippen MR) is 61.9 cm³/mol. The number of carbonyl (C=O) groups excluding carboxylic acids is 1. The second-order valence-corrected chi connectivity index (χ2v) is 3.77. The zero-order valence-electron chi connectivity index (χ0n) is 9.82. The average molecular weight is 223 g/mol. The van der Waals surface area contributed by atoms with Crippen LogP contribution in [0.2, 0.25) is 0 Å². The van der Waals surface area contributed by atoms with E-state index in [0.717, 1.165) is 5.57 Å². The van der Waals surface area contributed by atoms with Gasteiger partial charge in [0.1, 0.15) is 5.76 Å². The van der Waals surface area contributed by atoms with E-state index in [2.05, 4.69) is 18.6 Å². The molecule has 4 heteroatoms. The van der Waals surface area contributed by atoms with Crippen LogP contribution in [0.3, 0.4) is 0 Å². The van der Waals surface area contributed by atoms with Crippen molar-refractivity contribution >= 4 is 12.0 Å². The first-order chi connectivity index (χ1) is 7.58. The summed E-state index contributed by atoms with van der Waals surface area (Å²) in [6, 6.07) is 3.32. The minimum Gasteiger partial charge on any atom is -0.463 e. The number of esters is 1. The number of rotatable bonds is 4. The van der Waals surface area contributed by atoms with E-state index in [1.54, 1.807) is 12.1 Å². The SMILES string of the molecule is COC(=O)c1ccc(C=C(CN)C(C)C)o1. The van der Waals surface area contributed by atoms with E-state index in [9.17, 15) is 4.79 Å². The third kappa shape index (κ3) is 2.97. The van der Waals surface area contributed by atoms with Crippen LogP contribution < -0.4 is 5.73 Å². The van der Waals surface area contributed by atoms with Gasteiger partial charge >= 0.3 is 5.97 Å². The molecule has 1 heterocycles. The van der Waals surface area contributed by atoms with E-state index >= 15 is 0 Å². The molecule has 0 radical (unpaired) electrons. The summed E-state index contributed by atoms with van der Waals surface area (Å²) in [5.74, 6) is 0.707. The molecular formula is C12H17NO3. The van der Waals surface area contributed by atoms with E-state index in [1.807, 2.05) is 6.08 Å². The summed E-state index contributed by atoms with van der Waals surface area (Å²) in [6.07, 6.45) is 1.86. The van der Waals surface area contributed by atoms with Crippen molar-refractivity contribution in [3.63, 3.8) is 0 Å². The molecule has 0 aliphatic rings. The van der Waals surface area contributed by atoms with Gasteiger partial charge in [0.05, 0.1) is 7.11 Å². The van der Waals surface area contributed by atoms with Gasteiger partial charge in [-0.1, -0.05) is 19.4 Å². The van der Waals surface area contributed by atoms with Crippen molar-refractivity contribution in [2.24, 2.45) is 11.7 Å². The summed E-state index contributed by atoms with van der Waals surface area (Å²) in [4.78, 5) is 11.2. The van der Waals surface area contributed by atoms with Gasteiger partial charge in [-0.2, -0.15) is 0 Å². The van der Waals surface area contributed by atoms with Gasteiger partial charge in [-0.3, -0.25) is 0 Å². The molecule has 1 aromatic heterocycles. The first kappa shape index (κ1) is 12.5. The highest BCUT2D eigenvalue weighted by molar-refractivity contribution is 5.86. The maximum absolute atomic E-state index is 11.2. The first-order valence-corrected chi connectivity index (χ1v) is 5.17. The van der Waals surface area contributed by atoms with E-state index < -0.39 is 5.97 Å². The molecule has 16 heavy (non-hydrogen) atoms. The summed E-state index contributed by atoms with van der Waals surface area (Å²) in [6.45, 7) is 4.59. The largest absolute Gasteiger partial charge is 0.463 e. The fraction of sp³-hybridized carbons (Fsp3) is 0.417. The molecule has 0 bridgehead atoms. The van der Waals surface area contributed by atoms with Crippen LogP contribution in [0.15, 0.2) is 22.1 Å². The zero-order chi connectivity index (χ0) is 12.1. The van der Waals surface area contributed by atoms with Gasteiger partial charge in [0.15, 0.2) is 0 Å². The number of hydrogen-bond acceptors (Lipinski definition) is 4. The number of hydrogen-bond donors (Lipinski definition) is 1. The van der Waals surface area contributed by atoms with E-state index in [4.69, 9.17) is 10.2 Å². The number of carbonyl (C=O) groups is 1.